The number of carbonyl (C=O) groups excluding carboxylic acids is 1. The van der Waals surface area contributed by atoms with Crippen LogP contribution < -0.4 is 14.8 Å². The number of fused-ring (bicyclic) bond motifs is 1. The van der Waals surface area contributed by atoms with Crippen LogP contribution in [0.4, 0.5) is 4.79 Å². The van der Waals surface area contributed by atoms with Crippen molar-refractivity contribution in [3.05, 3.63) is 54.4 Å². The van der Waals surface area contributed by atoms with Gasteiger partial charge in [0, 0.05) is 5.54 Å². The van der Waals surface area contributed by atoms with Gasteiger partial charge in [0.05, 0.1) is 0 Å². The molecular weight excluding hydrogens is 320 g/mol. The number of carbonyl (C=O) groups is 1. The van der Waals surface area contributed by atoms with Gasteiger partial charge in [0.15, 0.2) is 12.2 Å². The van der Waals surface area contributed by atoms with Gasteiger partial charge < -0.3 is 19.2 Å². The molecule has 0 saturated heterocycles. The third-order valence-corrected chi connectivity index (χ3v) is 3.21. The van der Waals surface area contributed by atoms with Gasteiger partial charge in [0.1, 0.15) is 17.0 Å². The van der Waals surface area contributed by atoms with Crippen molar-refractivity contribution in [2.45, 2.75) is 32.9 Å². The molecular formula is C19H20N2O4. The number of para-hydroxylation sites is 2. The fourth-order valence-electron chi connectivity index (χ4n) is 2.17. The van der Waals surface area contributed by atoms with Gasteiger partial charge in [-0.2, -0.15) is 0 Å². The minimum absolute atomic E-state index is 0.222. The number of amides is 1. The van der Waals surface area contributed by atoms with Crippen LogP contribution in [-0.4, -0.2) is 16.6 Å². The van der Waals surface area contributed by atoms with Crippen molar-refractivity contribution in [3.8, 4) is 11.5 Å². The van der Waals surface area contributed by atoms with Gasteiger partial charge in [-0.1, -0.05) is 12.1 Å². The highest BCUT2D eigenvalue weighted by Crippen LogP contribution is 2.20. The highest BCUT2D eigenvalue weighted by Gasteiger charge is 2.15. The van der Waals surface area contributed by atoms with E-state index in [1.165, 1.54) is 0 Å². The predicted octanol–water partition coefficient (Wildman–Crippen LogP) is 4.29. The minimum Gasteiger partial charge on any atom is -0.484 e. The molecule has 6 heteroatoms. The van der Waals surface area contributed by atoms with Crippen LogP contribution in [-0.2, 0) is 6.61 Å². The lowest BCUT2D eigenvalue weighted by molar-refractivity contribution is 0.190. The van der Waals surface area contributed by atoms with Crippen molar-refractivity contribution in [1.29, 1.82) is 0 Å². The molecule has 0 aliphatic heterocycles. The summed E-state index contributed by atoms with van der Waals surface area (Å²) in [4.78, 5) is 16.1. The number of ether oxygens (including phenoxy) is 2. The van der Waals surface area contributed by atoms with E-state index in [9.17, 15) is 4.79 Å². The molecule has 1 amide bonds. The van der Waals surface area contributed by atoms with Crippen LogP contribution in [0.2, 0.25) is 0 Å². The van der Waals surface area contributed by atoms with Crippen LogP contribution in [0.5, 0.6) is 11.5 Å². The van der Waals surface area contributed by atoms with E-state index < -0.39 is 6.09 Å². The first-order valence-corrected chi connectivity index (χ1v) is 7.96. The second-order valence-electron chi connectivity index (χ2n) is 6.60. The maximum atomic E-state index is 11.7. The summed E-state index contributed by atoms with van der Waals surface area (Å²) >= 11 is 0. The van der Waals surface area contributed by atoms with E-state index in [0.29, 0.717) is 17.4 Å². The van der Waals surface area contributed by atoms with Gasteiger partial charge in [-0.3, -0.25) is 0 Å². The summed E-state index contributed by atoms with van der Waals surface area (Å²) in [6, 6.07) is 14.3. The second kappa shape index (κ2) is 6.84. The molecule has 0 radical (unpaired) electrons. The van der Waals surface area contributed by atoms with Crippen LogP contribution in [0.3, 0.4) is 0 Å². The van der Waals surface area contributed by atoms with E-state index in [1.54, 1.807) is 24.3 Å². The van der Waals surface area contributed by atoms with Crippen molar-refractivity contribution >= 4 is 17.2 Å². The Morgan fingerprint density at radius 1 is 1.08 bits per heavy atom. The number of nitrogens with one attached hydrogen (secondary N) is 1. The van der Waals surface area contributed by atoms with Crippen molar-refractivity contribution in [1.82, 2.24) is 10.3 Å². The highest BCUT2D eigenvalue weighted by atomic mass is 16.6. The van der Waals surface area contributed by atoms with Crippen LogP contribution in [0.15, 0.2) is 52.9 Å². The molecule has 1 aromatic heterocycles. The Morgan fingerprint density at radius 3 is 2.44 bits per heavy atom. The summed E-state index contributed by atoms with van der Waals surface area (Å²) < 4.78 is 16.5. The molecule has 0 spiro atoms. The van der Waals surface area contributed by atoms with E-state index in [0.717, 1.165) is 11.1 Å². The quantitative estimate of drug-likeness (QED) is 0.767. The number of hydrogen-bond donors (Lipinski definition) is 1. The summed E-state index contributed by atoms with van der Waals surface area (Å²) in [5.41, 5.74) is 1.18. The standard InChI is InChI=1S/C19H20N2O4/c1-19(2,3)21-18(22)24-14-10-8-13(9-11-14)23-12-17-20-15-6-4-5-7-16(15)25-17/h4-11H,12H2,1-3H3,(H,21,22). The number of aromatic nitrogens is 1. The summed E-state index contributed by atoms with van der Waals surface area (Å²) in [5.74, 6) is 1.58. The first kappa shape index (κ1) is 16.8. The Hall–Kier alpha value is -3.02. The van der Waals surface area contributed by atoms with Gasteiger partial charge in [-0.15, -0.1) is 0 Å². The minimum atomic E-state index is -0.493. The highest BCUT2D eigenvalue weighted by molar-refractivity contribution is 5.72. The molecule has 25 heavy (non-hydrogen) atoms. The molecule has 3 rings (SSSR count). The Morgan fingerprint density at radius 2 is 1.76 bits per heavy atom. The summed E-state index contributed by atoms with van der Waals surface area (Å²) in [6.45, 7) is 5.88. The Kier molecular flexibility index (Phi) is 4.61. The molecule has 0 aliphatic rings. The van der Waals surface area contributed by atoms with Gasteiger partial charge in [0.25, 0.3) is 0 Å². The van der Waals surface area contributed by atoms with Crippen LogP contribution in [0.25, 0.3) is 11.1 Å². The third-order valence-electron chi connectivity index (χ3n) is 3.21. The fraction of sp³-hybridized carbons (Fsp3) is 0.263. The van der Waals surface area contributed by atoms with Crippen LogP contribution in [0.1, 0.15) is 26.7 Å². The SMILES string of the molecule is CC(C)(C)NC(=O)Oc1ccc(OCc2nc3ccccc3o2)cc1. The number of oxazole rings is 1. The topological polar surface area (TPSA) is 73.6 Å². The number of benzene rings is 2. The van der Waals surface area contributed by atoms with Crippen molar-refractivity contribution in [2.24, 2.45) is 0 Å². The third kappa shape index (κ3) is 4.73. The van der Waals surface area contributed by atoms with Crippen molar-refractivity contribution < 1.29 is 18.7 Å². The summed E-state index contributed by atoms with van der Waals surface area (Å²) in [7, 11) is 0. The zero-order chi connectivity index (χ0) is 17.9. The van der Waals surface area contributed by atoms with Crippen LogP contribution in [0, 0.1) is 0 Å². The first-order chi connectivity index (χ1) is 11.9. The molecule has 130 valence electrons. The molecule has 0 unspecified atom stereocenters. The Bertz CT molecular complexity index is 830. The van der Waals surface area contributed by atoms with Gasteiger partial charge >= 0.3 is 6.09 Å². The molecule has 1 heterocycles. The summed E-state index contributed by atoms with van der Waals surface area (Å²) in [6.07, 6.45) is -0.493. The fourth-order valence-corrected chi connectivity index (χ4v) is 2.17. The van der Waals surface area contributed by atoms with E-state index in [-0.39, 0.29) is 12.1 Å². The molecule has 1 N–H and O–H groups in total. The molecule has 0 bridgehead atoms. The monoisotopic (exact) mass is 340 g/mol. The zero-order valence-corrected chi connectivity index (χ0v) is 14.4. The first-order valence-electron chi connectivity index (χ1n) is 7.96. The smallest absolute Gasteiger partial charge is 0.413 e. The average molecular weight is 340 g/mol. The number of nitrogens with zero attached hydrogens (tertiary/aromatic N) is 1. The lowest BCUT2D eigenvalue weighted by Crippen LogP contribution is -2.42. The molecule has 2 aromatic carbocycles. The number of hydrogen-bond acceptors (Lipinski definition) is 5. The second-order valence-corrected chi connectivity index (χ2v) is 6.60. The maximum absolute atomic E-state index is 11.7. The van der Waals surface area contributed by atoms with Gasteiger partial charge in [-0.25, -0.2) is 9.78 Å². The van der Waals surface area contributed by atoms with Crippen molar-refractivity contribution in [2.75, 3.05) is 0 Å². The molecule has 0 aliphatic carbocycles. The molecule has 0 atom stereocenters. The average Bonchev–Trinajstić information content (AvgIpc) is 2.95. The van der Waals surface area contributed by atoms with Crippen molar-refractivity contribution in [3.63, 3.8) is 0 Å². The summed E-state index contributed by atoms with van der Waals surface area (Å²) in [5, 5.41) is 2.73. The zero-order valence-electron chi connectivity index (χ0n) is 14.4. The Labute approximate surface area is 145 Å². The normalized spacial score (nSPS) is 11.3. The van der Waals surface area contributed by atoms with Gasteiger partial charge in [0.2, 0.25) is 5.89 Å². The van der Waals surface area contributed by atoms with Crippen LogP contribution >= 0.6 is 0 Å². The molecule has 0 fully saturated rings. The molecule has 6 nitrogen and oxygen atoms in total. The predicted molar refractivity (Wildman–Crippen MR) is 93.7 cm³/mol. The Balaban J connectivity index is 1.56. The van der Waals surface area contributed by atoms with E-state index in [2.05, 4.69) is 10.3 Å². The van der Waals surface area contributed by atoms with E-state index >= 15 is 0 Å². The van der Waals surface area contributed by atoms with E-state index in [4.69, 9.17) is 13.9 Å². The lowest BCUT2D eigenvalue weighted by Gasteiger charge is -2.19. The van der Waals surface area contributed by atoms with E-state index in [1.807, 2.05) is 45.0 Å². The molecule has 0 saturated carbocycles. The lowest BCUT2D eigenvalue weighted by atomic mass is 10.1. The number of rotatable bonds is 4. The largest absolute Gasteiger partial charge is 0.484 e. The maximum Gasteiger partial charge on any atom is 0.413 e. The molecule has 3 aromatic rings. The van der Waals surface area contributed by atoms with Gasteiger partial charge in [-0.05, 0) is 57.2 Å².